The fourth-order valence-corrected chi connectivity index (χ4v) is 2.60. The highest BCUT2D eigenvalue weighted by Gasteiger charge is 2.55. The predicted octanol–water partition coefficient (Wildman–Crippen LogP) is 4.02. The number of rotatable bonds is 4. The van der Waals surface area contributed by atoms with Crippen LogP contribution in [0.25, 0.3) is 0 Å². The molecule has 0 radical (unpaired) electrons. The molecule has 0 rings (SSSR count). The van der Waals surface area contributed by atoms with Crippen LogP contribution in [-0.4, -0.2) is 45.5 Å². The standard InChI is InChI=1S/C20H36N2O6/c1-12-20(13(2)23,14(24)17(3,4)5)22(16(26)28-19(9,10)11)21-15(25)27-18(6,7)8/h12H2,1-11H3,(H,21,25). The molecule has 0 aliphatic carbocycles. The van der Waals surface area contributed by atoms with Crippen LogP contribution in [0.3, 0.4) is 0 Å². The summed E-state index contributed by atoms with van der Waals surface area (Å²) in [6.45, 7) is 17.6. The molecule has 0 aliphatic heterocycles. The molecular weight excluding hydrogens is 364 g/mol. The highest BCUT2D eigenvalue weighted by Crippen LogP contribution is 2.32. The minimum atomic E-state index is -1.93. The molecule has 1 unspecified atom stereocenters. The van der Waals surface area contributed by atoms with Crippen molar-refractivity contribution in [3.05, 3.63) is 0 Å². The molecule has 2 amide bonds. The highest BCUT2D eigenvalue weighted by molar-refractivity contribution is 6.14. The molecule has 8 nitrogen and oxygen atoms in total. The summed E-state index contributed by atoms with van der Waals surface area (Å²) in [6.07, 6.45) is -2.04. The van der Waals surface area contributed by atoms with E-state index in [0.717, 1.165) is 0 Å². The first-order chi connectivity index (χ1) is 12.3. The Balaban J connectivity index is 6.41. The smallest absolute Gasteiger partial charge is 0.430 e. The van der Waals surface area contributed by atoms with E-state index in [2.05, 4.69) is 5.43 Å². The molecule has 8 heteroatoms. The molecular formula is C20H36N2O6. The van der Waals surface area contributed by atoms with Crippen molar-refractivity contribution < 1.29 is 28.7 Å². The second kappa shape index (κ2) is 8.49. The number of hydrogen-bond acceptors (Lipinski definition) is 6. The predicted molar refractivity (Wildman–Crippen MR) is 106 cm³/mol. The van der Waals surface area contributed by atoms with Crippen LogP contribution in [0.15, 0.2) is 0 Å². The number of Topliss-reactive ketones (excluding diaryl/α,β-unsaturated/α-hetero) is 2. The number of hydrogen-bond donors (Lipinski definition) is 1. The van der Waals surface area contributed by atoms with Crippen molar-refractivity contribution in [2.45, 2.75) is 99.3 Å². The number of carbonyl (C=O) groups is 4. The second-order valence-corrected chi connectivity index (χ2v) is 9.78. The third-order valence-corrected chi connectivity index (χ3v) is 3.71. The van der Waals surface area contributed by atoms with Gasteiger partial charge in [-0.2, -0.15) is 5.01 Å². The summed E-state index contributed by atoms with van der Waals surface area (Å²) in [7, 11) is 0. The average Bonchev–Trinajstić information content (AvgIpc) is 2.41. The van der Waals surface area contributed by atoms with Gasteiger partial charge in [-0.1, -0.05) is 27.7 Å². The average molecular weight is 401 g/mol. The van der Waals surface area contributed by atoms with E-state index in [9.17, 15) is 19.2 Å². The molecule has 0 aromatic carbocycles. The Labute approximate surface area is 168 Å². The van der Waals surface area contributed by atoms with E-state index >= 15 is 0 Å². The number of ether oxygens (including phenoxy) is 2. The van der Waals surface area contributed by atoms with Crippen LogP contribution < -0.4 is 5.43 Å². The number of nitrogens with zero attached hydrogens (tertiary/aromatic N) is 1. The topological polar surface area (TPSA) is 102 Å². The molecule has 1 atom stereocenters. The molecule has 162 valence electrons. The van der Waals surface area contributed by atoms with Crippen LogP contribution >= 0.6 is 0 Å². The third-order valence-electron chi connectivity index (χ3n) is 3.71. The molecule has 0 bridgehead atoms. The largest absolute Gasteiger partial charge is 0.443 e. The molecule has 0 saturated heterocycles. The Morgan fingerprint density at radius 1 is 0.821 bits per heavy atom. The molecule has 28 heavy (non-hydrogen) atoms. The van der Waals surface area contributed by atoms with Crippen LogP contribution in [-0.2, 0) is 19.1 Å². The van der Waals surface area contributed by atoms with E-state index < -0.39 is 45.9 Å². The van der Waals surface area contributed by atoms with Gasteiger partial charge in [0.25, 0.3) is 0 Å². The lowest BCUT2D eigenvalue weighted by atomic mass is 9.74. The van der Waals surface area contributed by atoms with Gasteiger partial charge in [0, 0.05) is 5.41 Å². The second-order valence-electron chi connectivity index (χ2n) is 9.78. The minimum Gasteiger partial charge on any atom is -0.443 e. The van der Waals surface area contributed by atoms with Crippen LogP contribution in [0.1, 0.15) is 82.6 Å². The summed E-state index contributed by atoms with van der Waals surface area (Å²) in [5.74, 6) is -1.10. The van der Waals surface area contributed by atoms with Gasteiger partial charge in [-0.15, -0.1) is 0 Å². The van der Waals surface area contributed by atoms with E-state index in [0.29, 0.717) is 5.01 Å². The third kappa shape index (κ3) is 6.80. The van der Waals surface area contributed by atoms with Crippen molar-refractivity contribution >= 4 is 23.8 Å². The molecule has 0 aromatic rings. The molecule has 0 aromatic heterocycles. The summed E-state index contributed by atoms with van der Waals surface area (Å²) in [6, 6.07) is 0. The number of ketones is 2. The molecule has 0 fully saturated rings. The molecule has 1 N–H and O–H groups in total. The zero-order valence-electron chi connectivity index (χ0n) is 19.1. The van der Waals surface area contributed by atoms with E-state index in [-0.39, 0.29) is 6.42 Å². The number of amides is 2. The summed E-state index contributed by atoms with van der Waals surface area (Å²) in [5, 5.41) is 0.683. The van der Waals surface area contributed by atoms with E-state index in [1.165, 1.54) is 6.92 Å². The quantitative estimate of drug-likeness (QED) is 0.565. The first-order valence-corrected chi connectivity index (χ1v) is 9.36. The van der Waals surface area contributed by atoms with E-state index in [1.54, 1.807) is 69.2 Å². The summed E-state index contributed by atoms with van der Waals surface area (Å²) >= 11 is 0. The minimum absolute atomic E-state index is 0.0481. The molecule has 0 aliphatic rings. The lowest BCUT2D eigenvalue weighted by Gasteiger charge is -2.43. The maximum Gasteiger partial charge on any atom is 0.430 e. The van der Waals surface area contributed by atoms with E-state index in [1.807, 2.05) is 0 Å². The molecule has 0 spiro atoms. The van der Waals surface area contributed by atoms with Crippen molar-refractivity contribution in [1.29, 1.82) is 0 Å². The van der Waals surface area contributed by atoms with Gasteiger partial charge in [0.2, 0.25) is 0 Å². The molecule has 0 saturated carbocycles. The van der Waals surface area contributed by atoms with E-state index in [4.69, 9.17) is 9.47 Å². The zero-order valence-corrected chi connectivity index (χ0v) is 19.1. The lowest BCUT2D eigenvalue weighted by molar-refractivity contribution is -0.150. The van der Waals surface area contributed by atoms with Gasteiger partial charge >= 0.3 is 12.2 Å². The highest BCUT2D eigenvalue weighted by atomic mass is 16.6. The SMILES string of the molecule is CCC(C(C)=O)(C(=O)C(C)(C)C)N(NC(=O)OC(C)(C)C)C(=O)OC(C)(C)C. The van der Waals surface area contributed by atoms with Crippen molar-refractivity contribution in [3.8, 4) is 0 Å². The van der Waals surface area contributed by atoms with Crippen molar-refractivity contribution in [1.82, 2.24) is 10.4 Å². The summed E-state index contributed by atoms with van der Waals surface area (Å²) in [5.41, 5.74) is -2.37. The Morgan fingerprint density at radius 2 is 1.25 bits per heavy atom. The first kappa shape index (κ1) is 25.9. The van der Waals surface area contributed by atoms with Gasteiger partial charge in [0.15, 0.2) is 17.1 Å². The number of carbonyl (C=O) groups excluding carboxylic acids is 4. The number of hydrazine groups is 1. The van der Waals surface area contributed by atoms with Gasteiger partial charge < -0.3 is 9.47 Å². The van der Waals surface area contributed by atoms with Crippen molar-refractivity contribution in [2.75, 3.05) is 0 Å². The molecule has 0 heterocycles. The summed E-state index contributed by atoms with van der Waals surface area (Å²) < 4.78 is 10.6. The lowest BCUT2D eigenvalue weighted by Crippen LogP contribution is -2.69. The zero-order chi connectivity index (χ0) is 22.7. The van der Waals surface area contributed by atoms with Crippen LogP contribution in [0.5, 0.6) is 0 Å². The van der Waals surface area contributed by atoms with Gasteiger partial charge in [0.05, 0.1) is 0 Å². The Hall–Kier alpha value is -2.12. The van der Waals surface area contributed by atoms with Gasteiger partial charge in [0.1, 0.15) is 11.2 Å². The van der Waals surface area contributed by atoms with Gasteiger partial charge in [-0.3, -0.25) is 9.59 Å². The Morgan fingerprint density at radius 3 is 1.54 bits per heavy atom. The Kier molecular flexibility index (Phi) is 7.85. The normalized spacial score (nSPS) is 14.5. The fraction of sp³-hybridized carbons (Fsp3) is 0.800. The first-order valence-electron chi connectivity index (χ1n) is 9.36. The summed E-state index contributed by atoms with van der Waals surface area (Å²) in [4.78, 5) is 51.3. The van der Waals surface area contributed by atoms with Gasteiger partial charge in [-0.25, -0.2) is 15.0 Å². The maximum absolute atomic E-state index is 13.3. The van der Waals surface area contributed by atoms with Gasteiger partial charge in [-0.05, 0) is 54.9 Å². The van der Waals surface area contributed by atoms with Crippen molar-refractivity contribution in [2.24, 2.45) is 5.41 Å². The fourth-order valence-electron chi connectivity index (χ4n) is 2.60. The van der Waals surface area contributed by atoms with Crippen LogP contribution in [0.4, 0.5) is 9.59 Å². The van der Waals surface area contributed by atoms with Crippen LogP contribution in [0, 0.1) is 5.41 Å². The number of nitrogens with one attached hydrogen (secondary N) is 1. The monoisotopic (exact) mass is 400 g/mol. The Bertz CT molecular complexity index is 622. The van der Waals surface area contributed by atoms with Crippen LogP contribution in [0.2, 0.25) is 0 Å². The maximum atomic E-state index is 13.3. The van der Waals surface area contributed by atoms with Crippen molar-refractivity contribution in [3.63, 3.8) is 0 Å².